The molecule has 1 aliphatic carbocycles. The summed E-state index contributed by atoms with van der Waals surface area (Å²) in [6.07, 6.45) is 1.61. The Balaban J connectivity index is 1.83. The standard InChI is InChI=1S/C16H14ClN3O5S/c17-15-7-6-12(20(22)23)9-14(15)16(21)18-11-2-1-3-13(8-11)26(24,25)19-10-4-5-10/h1-3,6-10,19H,4-5H2,(H,18,21). The zero-order chi connectivity index (χ0) is 18.9. The van der Waals surface area contributed by atoms with Crippen LogP contribution in [0.2, 0.25) is 5.02 Å². The summed E-state index contributed by atoms with van der Waals surface area (Å²) in [5, 5.41) is 13.4. The first-order valence-electron chi connectivity index (χ1n) is 7.64. The molecule has 136 valence electrons. The van der Waals surface area contributed by atoms with Crippen molar-refractivity contribution in [2.45, 2.75) is 23.8 Å². The first-order chi connectivity index (χ1) is 12.3. The molecule has 0 saturated heterocycles. The van der Waals surface area contributed by atoms with Crippen molar-refractivity contribution in [1.82, 2.24) is 4.72 Å². The van der Waals surface area contributed by atoms with Crippen molar-refractivity contribution in [2.75, 3.05) is 5.32 Å². The number of carbonyl (C=O) groups excluding carboxylic acids is 1. The second-order valence-corrected chi connectivity index (χ2v) is 7.92. The van der Waals surface area contributed by atoms with E-state index in [0.29, 0.717) is 0 Å². The fraction of sp³-hybridized carbons (Fsp3) is 0.188. The summed E-state index contributed by atoms with van der Waals surface area (Å²) in [5.41, 5.74) is -0.119. The van der Waals surface area contributed by atoms with E-state index in [9.17, 15) is 23.3 Å². The monoisotopic (exact) mass is 395 g/mol. The first-order valence-corrected chi connectivity index (χ1v) is 9.50. The molecule has 0 bridgehead atoms. The molecule has 10 heteroatoms. The Hall–Kier alpha value is -2.49. The van der Waals surface area contributed by atoms with Crippen molar-refractivity contribution in [3.63, 3.8) is 0 Å². The topological polar surface area (TPSA) is 118 Å². The van der Waals surface area contributed by atoms with Crippen molar-refractivity contribution in [1.29, 1.82) is 0 Å². The molecule has 0 aromatic heterocycles. The average molecular weight is 396 g/mol. The van der Waals surface area contributed by atoms with E-state index in [1.54, 1.807) is 0 Å². The summed E-state index contributed by atoms with van der Waals surface area (Å²) in [4.78, 5) is 22.6. The van der Waals surface area contributed by atoms with Gasteiger partial charge >= 0.3 is 0 Å². The minimum Gasteiger partial charge on any atom is -0.322 e. The lowest BCUT2D eigenvalue weighted by atomic mass is 10.2. The summed E-state index contributed by atoms with van der Waals surface area (Å²) in [6, 6.07) is 9.21. The number of carbonyl (C=O) groups is 1. The molecule has 2 aromatic rings. The molecule has 1 saturated carbocycles. The fourth-order valence-electron chi connectivity index (χ4n) is 2.23. The van der Waals surface area contributed by atoms with Crippen molar-refractivity contribution in [2.24, 2.45) is 0 Å². The second kappa shape index (κ2) is 7.02. The van der Waals surface area contributed by atoms with Gasteiger partial charge in [-0.2, -0.15) is 0 Å². The molecule has 8 nitrogen and oxygen atoms in total. The van der Waals surface area contributed by atoms with Crippen LogP contribution in [-0.2, 0) is 10.0 Å². The SMILES string of the molecule is O=C(Nc1cccc(S(=O)(=O)NC2CC2)c1)c1cc([N+](=O)[O-])ccc1Cl. The van der Waals surface area contributed by atoms with Crippen molar-refractivity contribution < 1.29 is 18.1 Å². The predicted molar refractivity (Wildman–Crippen MR) is 95.8 cm³/mol. The Morgan fingerprint density at radius 2 is 1.92 bits per heavy atom. The molecule has 2 aromatic carbocycles. The molecule has 0 atom stereocenters. The third kappa shape index (κ3) is 4.18. The van der Waals surface area contributed by atoms with Gasteiger partial charge in [-0.15, -0.1) is 0 Å². The van der Waals surface area contributed by atoms with E-state index in [-0.39, 0.29) is 32.9 Å². The van der Waals surface area contributed by atoms with Gasteiger partial charge in [0.1, 0.15) is 0 Å². The van der Waals surface area contributed by atoms with Crippen LogP contribution in [0.3, 0.4) is 0 Å². The molecule has 0 radical (unpaired) electrons. The van der Waals surface area contributed by atoms with Gasteiger partial charge in [-0.05, 0) is 37.1 Å². The van der Waals surface area contributed by atoms with E-state index in [2.05, 4.69) is 10.0 Å². The van der Waals surface area contributed by atoms with Crippen LogP contribution in [0.1, 0.15) is 23.2 Å². The van der Waals surface area contributed by atoms with Crippen LogP contribution in [-0.4, -0.2) is 25.3 Å². The number of hydrogen-bond donors (Lipinski definition) is 2. The van der Waals surface area contributed by atoms with E-state index >= 15 is 0 Å². The maximum absolute atomic E-state index is 12.4. The zero-order valence-electron chi connectivity index (χ0n) is 13.3. The Bertz CT molecular complexity index is 989. The Morgan fingerprint density at radius 1 is 1.19 bits per heavy atom. The van der Waals surface area contributed by atoms with Gasteiger partial charge in [0.2, 0.25) is 10.0 Å². The second-order valence-electron chi connectivity index (χ2n) is 5.80. The number of nitrogens with zero attached hydrogens (tertiary/aromatic N) is 1. The summed E-state index contributed by atoms with van der Waals surface area (Å²) >= 11 is 5.94. The molecule has 1 amide bonds. The molecule has 1 aliphatic rings. The van der Waals surface area contributed by atoms with Gasteiger partial charge in [0, 0.05) is 23.9 Å². The normalized spacial score (nSPS) is 14.0. The minimum atomic E-state index is -3.66. The molecular formula is C16H14ClN3O5S. The predicted octanol–water partition coefficient (Wildman–Crippen LogP) is 2.94. The molecule has 26 heavy (non-hydrogen) atoms. The molecule has 0 spiro atoms. The lowest BCUT2D eigenvalue weighted by Gasteiger charge is -2.10. The van der Waals surface area contributed by atoms with Crippen LogP contribution >= 0.6 is 11.6 Å². The smallest absolute Gasteiger partial charge is 0.270 e. The van der Waals surface area contributed by atoms with Crippen LogP contribution in [0.25, 0.3) is 0 Å². The number of anilines is 1. The highest BCUT2D eigenvalue weighted by atomic mass is 35.5. The van der Waals surface area contributed by atoms with Crippen LogP contribution in [0.5, 0.6) is 0 Å². The number of hydrogen-bond acceptors (Lipinski definition) is 5. The zero-order valence-corrected chi connectivity index (χ0v) is 14.9. The molecule has 0 heterocycles. The van der Waals surface area contributed by atoms with Gasteiger partial charge in [0.15, 0.2) is 0 Å². The van der Waals surface area contributed by atoms with Crippen molar-refractivity contribution >= 4 is 38.9 Å². The Kier molecular flexibility index (Phi) is 4.94. The number of nitro groups is 1. The molecule has 0 unspecified atom stereocenters. The van der Waals surface area contributed by atoms with Crippen LogP contribution in [0.15, 0.2) is 47.4 Å². The number of halogens is 1. The summed E-state index contributed by atoms with van der Waals surface area (Å²) in [5.74, 6) is -0.677. The third-order valence-corrected chi connectivity index (χ3v) is 5.55. The quantitative estimate of drug-likeness (QED) is 0.575. The molecule has 2 N–H and O–H groups in total. The number of rotatable bonds is 6. The van der Waals surface area contributed by atoms with Gasteiger partial charge in [0.25, 0.3) is 11.6 Å². The summed E-state index contributed by atoms with van der Waals surface area (Å²) in [6.45, 7) is 0. The summed E-state index contributed by atoms with van der Waals surface area (Å²) in [7, 11) is -3.66. The van der Waals surface area contributed by atoms with Gasteiger partial charge < -0.3 is 5.32 Å². The lowest BCUT2D eigenvalue weighted by Crippen LogP contribution is -2.25. The van der Waals surface area contributed by atoms with Crippen LogP contribution in [0, 0.1) is 10.1 Å². The van der Waals surface area contributed by atoms with E-state index in [1.807, 2.05) is 0 Å². The number of amides is 1. The van der Waals surface area contributed by atoms with Gasteiger partial charge in [-0.25, -0.2) is 13.1 Å². The first kappa shape index (κ1) is 18.3. The Labute approximate surface area is 154 Å². The van der Waals surface area contributed by atoms with E-state index in [4.69, 9.17) is 11.6 Å². The maximum Gasteiger partial charge on any atom is 0.270 e. The van der Waals surface area contributed by atoms with Gasteiger partial charge in [0.05, 0.1) is 20.4 Å². The highest BCUT2D eigenvalue weighted by Crippen LogP contribution is 2.25. The lowest BCUT2D eigenvalue weighted by molar-refractivity contribution is -0.384. The number of nitrogens with one attached hydrogen (secondary N) is 2. The molecular weight excluding hydrogens is 382 g/mol. The van der Waals surface area contributed by atoms with E-state index < -0.39 is 20.9 Å². The number of non-ortho nitro benzene ring substituents is 1. The highest BCUT2D eigenvalue weighted by molar-refractivity contribution is 7.89. The Morgan fingerprint density at radius 3 is 2.58 bits per heavy atom. The maximum atomic E-state index is 12.4. The van der Waals surface area contributed by atoms with Crippen molar-refractivity contribution in [3.05, 3.63) is 63.2 Å². The van der Waals surface area contributed by atoms with Crippen LogP contribution < -0.4 is 10.0 Å². The van der Waals surface area contributed by atoms with Crippen molar-refractivity contribution in [3.8, 4) is 0 Å². The van der Waals surface area contributed by atoms with Crippen LogP contribution in [0.4, 0.5) is 11.4 Å². The highest BCUT2D eigenvalue weighted by Gasteiger charge is 2.28. The summed E-state index contributed by atoms with van der Waals surface area (Å²) < 4.78 is 27.0. The average Bonchev–Trinajstić information content (AvgIpc) is 3.38. The van der Waals surface area contributed by atoms with Gasteiger partial charge in [-0.3, -0.25) is 14.9 Å². The number of sulfonamides is 1. The number of benzene rings is 2. The van der Waals surface area contributed by atoms with E-state index in [1.165, 1.54) is 36.4 Å². The fourth-order valence-corrected chi connectivity index (χ4v) is 3.78. The van der Waals surface area contributed by atoms with E-state index in [0.717, 1.165) is 18.9 Å². The molecule has 1 fully saturated rings. The largest absolute Gasteiger partial charge is 0.322 e. The van der Waals surface area contributed by atoms with Gasteiger partial charge in [-0.1, -0.05) is 17.7 Å². The third-order valence-electron chi connectivity index (χ3n) is 3.71. The molecule has 3 rings (SSSR count). The number of nitro benzene ring substituents is 1. The molecule has 0 aliphatic heterocycles. The minimum absolute atomic E-state index is 0.0207.